The lowest BCUT2D eigenvalue weighted by Crippen LogP contribution is -2.45. The van der Waals surface area contributed by atoms with E-state index in [2.05, 4.69) is 29.2 Å². The average molecular weight is 302 g/mol. The molecule has 2 aliphatic heterocycles. The smallest absolute Gasteiger partial charge is 0.410 e. The molecule has 1 aromatic carbocycles. The summed E-state index contributed by atoms with van der Waals surface area (Å²) in [5.74, 6) is 0.579. The van der Waals surface area contributed by atoms with Gasteiger partial charge in [0.2, 0.25) is 0 Å². The third-order valence-electron chi connectivity index (χ3n) is 4.36. The van der Waals surface area contributed by atoms with Crippen LogP contribution in [0, 0.1) is 5.92 Å². The van der Waals surface area contributed by atoms with Crippen molar-refractivity contribution in [2.75, 3.05) is 19.6 Å². The van der Waals surface area contributed by atoms with Crippen molar-refractivity contribution in [2.24, 2.45) is 5.92 Å². The summed E-state index contributed by atoms with van der Waals surface area (Å²) in [4.78, 5) is 16.8. The molecule has 0 saturated carbocycles. The quantitative estimate of drug-likeness (QED) is 0.841. The number of amides is 1. The van der Waals surface area contributed by atoms with Crippen LogP contribution < -0.4 is 0 Å². The molecular weight excluding hydrogens is 276 g/mol. The lowest BCUT2D eigenvalue weighted by atomic mass is 9.99. The summed E-state index contributed by atoms with van der Waals surface area (Å²) in [5.41, 5.74) is 0.921. The zero-order valence-electron chi connectivity index (χ0n) is 13.8. The van der Waals surface area contributed by atoms with Crippen LogP contribution in [0.3, 0.4) is 0 Å². The van der Waals surface area contributed by atoms with Gasteiger partial charge >= 0.3 is 6.09 Å². The molecule has 4 heteroatoms. The molecule has 0 radical (unpaired) electrons. The monoisotopic (exact) mass is 302 g/mol. The van der Waals surface area contributed by atoms with Crippen molar-refractivity contribution >= 4 is 6.09 Å². The maximum absolute atomic E-state index is 12.4. The van der Waals surface area contributed by atoms with Gasteiger partial charge < -0.3 is 9.64 Å². The molecule has 2 saturated heterocycles. The van der Waals surface area contributed by atoms with Gasteiger partial charge in [-0.05, 0) is 38.7 Å². The molecule has 2 bridgehead atoms. The lowest BCUT2D eigenvalue weighted by molar-refractivity contribution is 0.0210. The number of nitrogens with zero attached hydrogens (tertiary/aromatic N) is 2. The summed E-state index contributed by atoms with van der Waals surface area (Å²) in [6.07, 6.45) is 0.964. The summed E-state index contributed by atoms with van der Waals surface area (Å²) in [6, 6.07) is 10.9. The number of carbonyl (C=O) groups excluding carboxylic acids is 1. The maximum atomic E-state index is 12.4. The number of hydrogen-bond donors (Lipinski definition) is 0. The predicted octanol–water partition coefficient (Wildman–Crippen LogP) is 3.13. The Morgan fingerprint density at radius 2 is 1.91 bits per heavy atom. The normalized spacial score (nSPS) is 25.3. The van der Waals surface area contributed by atoms with Gasteiger partial charge in [0.15, 0.2) is 0 Å². The fraction of sp³-hybridized carbons (Fsp3) is 0.611. The van der Waals surface area contributed by atoms with Crippen LogP contribution in [-0.4, -0.2) is 47.2 Å². The highest BCUT2D eigenvalue weighted by molar-refractivity contribution is 5.69. The zero-order valence-corrected chi connectivity index (χ0v) is 13.8. The van der Waals surface area contributed by atoms with Gasteiger partial charge in [-0.1, -0.05) is 30.3 Å². The van der Waals surface area contributed by atoms with Crippen molar-refractivity contribution < 1.29 is 9.53 Å². The van der Waals surface area contributed by atoms with Crippen molar-refractivity contribution in [1.29, 1.82) is 0 Å². The zero-order chi connectivity index (χ0) is 15.7. The molecule has 22 heavy (non-hydrogen) atoms. The summed E-state index contributed by atoms with van der Waals surface area (Å²) < 4.78 is 5.55. The highest BCUT2D eigenvalue weighted by Gasteiger charge is 2.42. The van der Waals surface area contributed by atoms with Crippen LogP contribution in [0.25, 0.3) is 0 Å². The van der Waals surface area contributed by atoms with Crippen LogP contribution in [0.2, 0.25) is 0 Å². The molecule has 0 N–H and O–H groups in total. The van der Waals surface area contributed by atoms with E-state index in [9.17, 15) is 4.79 Å². The largest absolute Gasteiger partial charge is 0.444 e. The molecule has 2 fully saturated rings. The molecular formula is C18H26N2O2. The predicted molar refractivity (Wildman–Crippen MR) is 86.6 cm³/mol. The van der Waals surface area contributed by atoms with Gasteiger partial charge in [-0.25, -0.2) is 4.79 Å². The van der Waals surface area contributed by atoms with Crippen molar-refractivity contribution in [3.05, 3.63) is 35.9 Å². The third kappa shape index (κ3) is 3.61. The first-order valence-electron chi connectivity index (χ1n) is 8.16. The van der Waals surface area contributed by atoms with Crippen molar-refractivity contribution in [2.45, 2.75) is 45.4 Å². The molecule has 2 aliphatic rings. The van der Waals surface area contributed by atoms with Gasteiger partial charge in [0.05, 0.1) is 0 Å². The number of piperidine rings is 1. The van der Waals surface area contributed by atoms with Crippen LogP contribution in [0.5, 0.6) is 0 Å². The van der Waals surface area contributed by atoms with Crippen molar-refractivity contribution in [1.82, 2.24) is 9.80 Å². The molecule has 0 unspecified atom stereocenters. The van der Waals surface area contributed by atoms with Crippen LogP contribution >= 0.6 is 0 Å². The SMILES string of the molecule is CC(C)(C)OC(=O)N1C[C@H]2C[C@@H]1CN(Cc1ccccc1)C2. The first-order chi connectivity index (χ1) is 10.4. The molecule has 0 spiro atoms. The highest BCUT2D eigenvalue weighted by atomic mass is 16.6. The van der Waals surface area contributed by atoms with Crippen molar-refractivity contribution in [3.8, 4) is 0 Å². The summed E-state index contributed by atoms with van der Waals surface area (Å²) in [7, 11) is 0. The second-order valence-corrected chi connectivity index (χ2v) is 7.57. The van der Waals surface area contributed by atoms with E-state index in [-0.39, 0.29) is 6.09 Å². The number of fused-ring (bicyclic) bond motifs is 2. The van der Waals surface area contributed by atoms with E-state index in [0.29, 0.717) is 12.0 Å². The average Bonchev–Trinajstić information content (AvgIpc) is 2.73. The molecule has 1 aromatic rings. The van der Waals surface area contributed by atoms with Crippen LogP contribution in [-0.2, 0) is 11.3 Å². The van der Waals surface area contributed by atoms with Crippen LogP contribution in [0.15, 0.2) is 30.3 Å². The molecule has 4 nitrogen and oxygen atoms in total. The van der Waals surface area contributed by atoms with E-state index in [1.54, 1.807) is 0 Å². The Morgan fingerprint density at radius 3 is 2.59 bits per heavy atom. The number of rotatable bonds is 2. The second-order valence-electron chi connectivity index (χ2n) is 7.57. The van der Waals surface area contributed by atoms with Gasteiger partial charge in [0.25, 0.3) is 0 Å². The molecule has 3 rings (SSSR count). The van der Waals surface area contributed by atoms with E-state index in [1.807, 2.05) is 31.7 Å². The minimum absolute atomic E-state index is 0.151. The highest BCUT2D eigenvalue weighted by Crippen LogP contribution is 2.31. The number of benzene rings is 1. The van der Waals surface area contributed by atoms with Gasteiger partial charge in [-0.2, -0.15) is 0 Å². The van der Waals surface area contributed by atoms with Gasteiger partial charge in [0, 0.05) is 32.2 Å². The fourth-order valence-electron chi connectivity index (χ4n) is 3.57. The first-order valence-corrected chi connectivity index (χ1v) is 8.16. The van der Waals surface area contributed by atoms with E-state index < -0.39 is 5.60 Å². The van der Waals surface area contributed by atoms with Gasteiger partial charge in [-0.3, -0.25) is 4.90 Å². The Bertz CT molecular complexity index is 524. The van der Waals surface area contributed by atoms with E-state index in [1.165, 1.54) is 5.56 Å². The summed E-state index contributed by atoms with van der Waals surface area (Å²) >= 11 is 0. The molecule has 2 atom stereocenters. The van der Waals surface area contributed by atoms with Crippen molar-refractivity contribution in [3.63, 3.8) is 0 Å². The summed E-state index contributed by atoms with van der Waals surface area (Å²) in [6.45, 7) is 9.61. The molecule has 0 aliphatic carbocycles. The number of likely N-dealkylation sites (tertiary alicyclic amines) is 2. The number of carbonyl (C=O) groups is 1. The van der Waals surface area contributed by atoms with Crippen LogP contribution in [0.4, 0.5) is 4.79 Å². The van der Waals surface area contributed by atoms with E-state index >= 15 is 0 Å². The van der Waals surface area contributed by atoms with Gasteiger partial charge in [-0.15, -0.1) is 0 Å². The topological polar surface area (TPSA) is 32.8 Å². The van der Waals surface area contributed by atoms with Crippen LogP contribution in [0.1, 0.15) is 32.8 Å². The first kappa shape index (κ1) is 15.3. The standard InChI is InChI=1S/C18H26N2O2/c1-18(2,3)22-17(21)20-12-15-9-16(20)13-19(11-15)10-14-7-5-4-6-8-14/h4-8,15-16H,9-13H2,1-3H3/t15-,16+/m0/s1. The summed E-state index contributed by atoms with van der Waals surface area (Å²) in [5, 5.41) is 0. The Balaban J connectivity index is 1.61. The fourth-order valence-corrected chi connectivity index (χ4v) is 3.57. The Morgan fingerprint density at radius 1 is 1.18 bits per heavy atom. The number of hydrogen-bond acceptors (Lipinski definition) is 3. The Labute approximate surface area is 133 Å². The third-order valence-corrected chi connectivity index (χ3v) is 4.36. The minimum atomic E-state index is -0.419. The molecule has 2 heterocycles. The lowest BCUT2D eigenvalue weighted by Gasteiger charge is -2.33. The number of ether oxygens (including phenoxy) is 1. The molecule has 120 valence electrons. The molecule has 1 amide bonds. The Hall–Kier alpha value is -1.55. The molecule has 0 aromatic heterocycles. The maximum Gasteiger partial charge on any atom is 0.410 e. The minimum Gasteiger partial charge on any atom is -0.444 e. The Kier molecular flexibility index (Phi) is 4.13. The van der Waals surface area contributed by atoms with Gasteiger partial charge in [0.1, 0.15) is 5.60 Å². The van der Waals surface area contributed by atoms with E-state index in [0.717, 1.165) is 32.6 Å². The second kappa shape index (κ2) is 5.92. The van der Waals surface area contributed by atoms with E-state index in [4.69, 9.17) is 4.74 Å².